The molecule has 7 heteroatoms. The fourth-order valence-electron chi connectivity index (χ4n) is 1.15. The summed E-state index contributed by atoms with van der Waals surface area (Å²) in [6.45, 7) is 13.3. The summed E-state index contributed by atoms with van der Waals surface area (Å²) in [7, 11) is -6.00. The van der Waals surface area contributed by atoms with Crippen LogP contribution < -0.4 is 4.57 Å². The van der Waals surface area contributed by atoms with Crippen LogP contribution in [0, 0.1) is 0 Å². The average molecular weight is 268 g/mol. The normalized spacial score (nSPS) is 13.0. The van der Waals surface area contributed by atoms with Crippen molar-refractivity contribution in [1.29, 1.82) is 0 Å². The Kier molecular flexibility index (Phi) is 5.03. The molecule has 0 radical (unpaired) electrons. The Hall–Kier alpha value is -1.01. The minimum absolute atomic E-state index is 0.177. The molecule has 0 saturated heterocycles. The molecular weight excluding hydrogens is 247 g/mol. The largest absolute Gasteiger partial charge is 0.673 e. The number of hydrogen-bond acceptors (Lipinski definition) is 0. The van der Waals surface area contributed by atoms with Crippen molar-refractivity contribution in [2.24, 2.45) is 0 Å². The Morgan fingerprint density at radius 2 is 1.33 bits per heavy atom. The maximum atomic E-state index is 9.75. The van der Waals surface area contributed by atoms with Gasteiger partial charge in [0, 0.05) is 0 Å². The van der Waals surface area contributed by atoms with Gasteiger partial charge in [0.25, 0.3) is 0 Å². The quantitative estimate of drug-likeness (QED) is 0.386. The zero-order valence-electron chi connectivity index (χ0n) is 11.7. The zero-order valence-corrected chi connectivity index (χ0v) is 11.7. The first-order valence-electron chi connectivity index (χ1n) is 5.69. The van der Waals surface area contributed by atoms with Gasteiger partial charge < -0.3 is 17.3 Å². The highest BCUT2D eigenvalue weighted by Gasteiger charge is 2.24. The van der Waals surface area contributed by atoms with E-state index >= 15 is 0 Å². The first kappa shape index (κ1) is 17.0. The first-order valence-corrected chi connectivity index (χ1v) is 5.69. The van der Waals surface area contributed by atoms with Crippen molar-refractivity contribution in [2.75, 3.05) is 0 Å². The van der Waals surface area contributed by atoms with Crippen molar-refractivity contribution < 1.29 is 21.8 Å². The lowest BCUT2D eigenvalue weighted by atomic mass is 10.1. The van der Waals surface area contributed by atoms with Crippen molar-refractivity contribution in [3.8, 4) is 0 Å². The van der Waals surface area contributed by atoms with Crippen molar-refractivity contribution in [1.82, 2.24) is 4.57 Å². The molecule has 2 nitrogen and oxygen atoms in total. The third kappa shape index (κ3) is 7.35. The Labute approximate surface area is 106 Å². The maximum absolute atomic E-state index is 9.75. The van der Waals surface area contributed by atoms with Crippen LogP contribution in [-0.4, -0.2) is 11.8 Å². The molecule has 106 valence electrons. The lowest BCUT2D eigenvalue weighted by Crippen LogP contribution is -2.48. The van der Waals surface area contributed by atoms with Crippen molar-refractivity contribution in [3.63, 3.8) is 0 Å². The first-order chi connectivity index (χ1) is 7.71. The highest BCUT2D eigenvalue weighted by Crippen LogP contribution is 2.13. The SMILES string of the molecule is CC(C)(C)n1cc[n+](C(C)(C)C)c1.F[B-](F)(F)F. The predicted octanol–water partition coefficient (Wildman–Crippen LogP) is 3.59. The molecule has 1 heterocycles. The van der Waals surface area contributed by atoms with Gasteiger partial charge in [0.05, 0.1) is 0 Å². The average Bonchev–Trinajstić information content (AvgIpc) is 2.43. The standard InChI is InChI=1S/C11H21N2.BF4/c1-10(2,3)12-7-8-13(9-12)11(4,5)6;2-1(3,4)5/h7-9H,1-6H3;/q+1;-1. The number of nitrogens with zero attached hydrogens (tertiary/aromatic N) is 2. The van der Waals surface area contributed by atoms with E-state index in [1.165, 1.54) is 0 Å². The summed E-state index contributed by atoms with van der Waals surface area (Å²) in [4.78, 5) is 0. The molecular formula is C11H21BF4N2. The van der Waals surface area contributed by atoms with Gasteiger partial charge in [-0.15, -0.1) is 0 Å². The smallest absolute Gasteiger partial charge is 0.418 e. The van der Waals surface area contributed by atoms with Crippen molar-refractivity contribution >= 4 is 7.25 Å². The van der Waals surface area contributed by atoms with Gasteiger partial charge in [-0.2, -0.15) is 0 Å². The van der Waals surface area contributed by atoms with Crippen LogP contribution in [0.25, 0.3) is 0 Å². The molecule has 0 N–H and O–H groups in total. The van der Waals surface area contributed by atoms with E-state index in [0.717, 1.165) is 0 Å². The lowest BCUT2D eigenvalue weighted by Gasteiger charge is -2.16. The van der Waals surface area contributed by atoms with Crippen LogP contribution in [0.4, 0.5) is 17.3 Å². The van der Waals surface area contributed by atoms with Crippen LogP contribution in [0.3, 0.4) is 0 Å². The summed E-state index contributed by atoms with van der Waals surface area (Å²) >= 11 is 0. The number of imidazole rings is 1. The Morgan fingerprint density at radius 3 is 1.50 bits per heavy atom. The van der Waals surface area contributed by atoms with Crippen LogP contribution in [0.15, 0.2) is 18.7 Å². The van der Waals surface area contributed by atoms with E-state index in [1.54, 1.807) is 0 Å². The van der Waals surface area contributed by atoms with E-state index in [1.807, 2.05) is 0 Å². The van der Waals surface area contributed by atoms with Gasteiger partial charge in [-0.1, -0.05) is 0 Å². The highest BCUT2D eigenvalue weighted by molar-refractivity contribution is 6.50. The second-order valence-corrected chi connectivity index (χ2v) is 6.06. The van der Waals surface area contributed by atoms with E-state index in [-0.39, 0.29) is 11.1 Å². The fourth-order valence-corrected chi connectivity index (χ4v) is 1.15. The molecule has 0 aliphatic heterocycles. The lowest BCUT2D eigenvalue weighted by molar-refractivity contribution is -0.753. The summed E-state index contributed by atoms with van der Waals surface area (Å²) < 4.78 is 43.5. The molecule has 0 fully saturated rings. The van der Waals surface area contributed by atoms with E-state index in [9.17, 15) is 17.3 Å². The molecule has 0 aromatic carbocycles. The predicted molar refractivity (Wildman–Crippen MR) is 64.8 cm³/mol. The topological polar surface area (TPSA) is 8.81 Å². The second kappa shape index (κ2) is 5.32. The minimum Gasteiger partial charge on any atom is -0.418 e. The van der Waals surface area contributed by atoms with Crippen molar-refractivity contribution in [3.05, 3.63) is 18.7 Å². The number of hydrogen-bond donors (Lipinski definition) is 0. The van der Waals surface area contributed by atoms with E-state index < -0.39 is 7.25 Å². The van der Waals surface area contributed by atoms with Crippen LogP contribution in [0.5, 0.6) is 0 Å². The molecule has 1 rings (SSSR count). The van der Waals surface area contributed by atoms with Crippen LogP contribution >= 0.6 is 0 Å². The Bertz CT molecular complexity index is 337. The van der Waals surface area contributed by atoms with Crippen LogP contribution in [-0.2, 0) is 11.1 Å². The summed E-state index contributed by atoms with van der Waals surface area (Å²) in [6.07, 6.45) is 6.43. The molecule has 1 aromatic heterocycles. The van der Waals surface area contributed by atoms with Gasteiger partial charge in [0.15, 0.2) is 0 Å². The van der Waals surface area contributed by atoms with Gasteiger partial charge in [-0.25, -0.2) is 9.13 Å². The molecule has 0 aliphatic rings. The molecule has 0 bridgehead atoms. The summed E-state index contributed by atoms with van der Waals surface area (Å²) in [5.41, 5.74) is 0.354. The fraction of sp³-hybridized carbons (Fsp3) is 0.727. The van der Waals surface area contributed by atoms with E-state index in [4.69, 9.17) is 0 Å². The zero-order chi connectivity index (χ0) is 14.8. The number of aromatic nitrogens is 2. The monoisotopic (exact) mass is 268 g/mol. The summed E-state index contributed by atoms with van der Waals surface area (Å²) in [5.74, 6) is 0. The molecule has 0 aliphatic carbocycles. The molecule has 1 aromatic rings. The molecule has 0 amide bonds. The molecule has 0 atom stereocenters. The molecule has 0 spiro atoms. The third-order valence-electron chi connectivity index (χ3n) is 2.19. The Morgan fingerprint density at radius 1 is 0.944 bits per heavy atom. The minimum atomic E-state index is -6.00. The van der Waals surface area contributed by atoms with E-state index in [0.29, 0.717) is 0 Å². The van der Waals surface area contributed by atoms with Gasteiger partial charge in [-0.05, 0) is 41.5 Å². The van der Waals surface area contributed by atoms with Gasteiger partial charge in [0.2, 0.25) is 6.33 Å². The van der Waals surface area contributed by atoms with Gasteiger partial charge in [-0.3, -0.25) is 0 Å². The van der Waals surface area contributed by atoms with Crippen LogP contribution in [0.1, 0.15) is 41.5 Å². The van der Waals surface area contributed by atoms with Gasteiger partial charge in [0.1, 0.15) is 23.5 Å². The van der Waals surface area contributed by atoms with Crippen LogP contribution in [0.2, 0.25) is 0 Å². The van der Waals surface area contributed by atoms with Gasteiger partial charge >= 0.3 is 7.25 Å². The molecule has 0 saturated carbocycles. The van der Waals surface area contributed by atoms with E-state index in [2.05, 4.69) is 69.4 Å². The number of rotatable bonds is 0. The highest BCUT2D eigenvalue weighted by atomic mass is 19.5. The Balaban J connectivity index is 0.000000494. The number of halogens is 4. The maximum Gasteiger partial charge on any atom is 0.673 e. The second-order valence-electron chi connectivity index (χ2n) is 6.06. The molecule has 0 unspecified atom stereocenters. The summed E-state index contributed by atoms with van der Waals surface area (Å²) in [5, 5.41) is 0. The molecule has 18 heavy (non-hydrogen) atoms. The summed E-state index contributed by atoms with van der Waals surface area (Å²) in [6, 6.07) is 0. The van der Waals surface area contributed by atoms with Crippen molar-refractivity contribution in [2.45, 2.75) is 52.6 Å². The third-order valence-corrected chi connectivity index (χ3v) is 2.19.